The minimum Gasteiger partial charge on any atom is -0.452 e. The van der Waals surface area contributed by atoms with Crippen LogP contribution in [0.25, 0.3) is 0 Å². The Hall–Kier alpha value is -2.86. The number of amides is 1. The molecule has 0 atom stereocenters. The lowest BCUT2D eigenvalue weighted by Crippen LogP contribution is -2.46. The summed E-state index contributed by atoms with van der Waals surface area (Å²) >= 11 is 1.33. The van der Waals surface area contributed by atoms with Crippen LogP contribution in [0.1, 0.15) is 47.5 Å². The highest BCUT2D eigenvalue weighted by Crippen LogP contribution is 2.29. The SMILES string of the molecule is Cc1cc(CSc2ncccc2C(=O)OCC(=O)NC2(C#N)CCCC2)no1. The Balaban J connectivity index is 1.57. The van der Waals surface area contributed by atoms with Gasteiger partial charge in [0.25, 0.3) is 5.91 Å². The van der Waals surface area contributed by atoms with Crippen LogP contribution in [0.5, 0.6) is 0 Å². The van der Waals surface area contributed by atoms with Gasteiger partial charge in [0.05, 0.1) is 17.3 Å². The van der Waals surface area contributed by atoms with Crippen LogP contribution in [0, 0.1) is 18.3 Å². The molecule has 3 rings (SSSR count). The quantitative estimate of drug-likeness (QED) is 0.557. The molecule has 0 aliphatic heterocycles. The Morgan fingerprint density at radius 3 is 2.89 bits per heavy atom. The summed E-state index contributed by atoms with van der Waals surface area (Å²) in [5, 5.41) is 16.4. The number of rotatable bonds is 7. The van der Waals surface area contributed by atoms with Crippen LogP contribution in [-0.4, -0.2) is 34.2 Å². The fraction of sp³-hybridized carbons (Fsp3) is 0.421. The van der Waals surface area contributed by atoms with E-state index >= 15 is 0 Å². The van der Waals surface area contributed by atoms with Gasteiger partial charge in [-0.05, 0) is 44.7 Å². The van der Waals surface area contributed by atoms with Gasteiger partial charge in [-0.1, -0.05) is 16.9 Å². The van der Waals surface area contributed by atoms with Gasteiger partial charge in [-0.3, -0.25) is 4.79 Å². The first-order valence-electron chi connectivity index (χ1n) is 8.91. The first-order valence-corrected chi connectivity index (χ1v) is 9.89. The molecule has 0 bridgehead atoms. The van der Waals surface area contributed by atoms with E-state index in [9.17, 15) is 14.9 Å². The van der Waals surface area contributed by atoms with Crippen LogP contribution in [-0.2, 0) is 15.3 Å². The number of nitrogens with one attached hydrogen (secondary N) is 1. The lowest BCUT2D eigenvalue weighted by molar-refractivity contribution is -0.125. The number of nitrogens with zero attached hydrogens (tertiary/aromatic N) is 3. The molecule has 1 saturated carbocycles. The molecule has 1 amide bonds. The van der Waals surface area contributed by atoms with E-state index in [0.29, 0.717) is 29.4 Å². The molecule has 2 aromatic heterocycles. The maximum Gasteiger partial charge on any atom is 0.341 e. The molecule has 0 radical (unpaired) electrons. The first kappa shape index (κ1) is 19.9. The molecular weight excluding hydrogens is 380 g/mol. The molecule has 0 saturated heterocycles. The van der Waals surface area contributed by atoms with Gasteiger partial charge in [-0.15, -0.1) is 0 Å². The molecular formula is C19H20N4O4S. The number of esters is 1. The summed E-state index contributed by atoms with van der Waals surface area (Å²) in [5.41, 5.74) is 0.177. The Bertz CT molecular complexity index is 899. The number of hydrogen-bond donors (Lipinski definition) is 1. The number of ether oxygens (including phenoxy) is 1. The van der Waals surface area contributed by atoms with Crippen molar-refractivity contribution in [1.82, 2.24) is 15.5 Å². The molecule has 1 N–H and O–H groups in total. The summed E-state index contributed by atoms with van der Waals surface area (Å²) < 4.78 is 10.2. The van der Waals surface area contributed by atoms with Crippen LogP contribution in [0.2, 0.25) is 0 Å². The van der Waals surface area contributed by atoms with Crippen molar-refractivity contribution in [3.8, 4) is 6.07 Å². The van der Waals surface area contributed by atoms with E-state index < -0.39 is 24.0 Å². The number of thioether (sulfide) groups is 1. The van der Waals surface area contributed by atoms with Crippen molar-refractivity contribution in [1.29, 1.82) is 5.26 Å². The van der Waals surface area contributed by atoms with Gasteiger partial charge in [-0.25, -0.2) is 9.78 Å². The standard InChI is InChI=1S/C19H20N4O4S/c1-13-9-14(23-27-13)11-28-17-15(5-4-8-21-17)18(25)26-10-16(24)22-19(12-20)6-2-3-7-19/h4-5,8-9H,2-3,6-7,10-11H2,1H3,(H,22,24). The molecule has 28 heavy (non-hydrogen) atoms. The van der Waals surface area contributed by atoms with Crippen LogP contribution in [0.15, 0.2) is 33.9 Å². The number of hydrogen-bond acceptors (Lipinski definition) is 8. The van der Waals surface area contributed by atoms with E-state index in [1.165, 1.54) is 11.8 Å². The minimum absolute atomic E-state index is 0.274. The molecule has 146 valence electrons. The zero-order valence-corrected chi connectivity index (χ0v) is 16.3. The van der Waals surface area contributed by atoms with Crippen LogP contribution in [0.4, 0.5) is 0 Å². The molecule has 0 spiro atoms. The van der Waals surface area contributed by atoms with Crippen molar-refractivity contribution in [2.75, 3.05) is 6.61 Å². The second-order valence-electron chi connectivity index (χ2n) is 6.60. The summed E-state index contributed by atoms with van der Waals surface area (Å²) in [4.78, 5) is 28.8. The summed E-state index contributed by atoms with van der Waals surface area (Å²) in [5.74, 6) is 0.0759. The van der Waals surface area contributed by atoms with E-state index in [2.05, 4.69) is 21.5 Å². The van der Waals surface area contributed by atoms with Gasteiger partial charge in [0, 0.05) is 18.0 Å². The Kier molecular flexibility index (Phi) is 6.31. The van der Waals surface area contributed by atoms with Crippen molar-refractivity contribution in [2.24, 2.45) is 0 Å². The van der Waals surface area contributed by atoms with Crippen LogP contribution in [0.3, 0.4) is 0 Å². The fourth-order valence-electron chi connectivity index (χ4n) is 3.04. The highest BCUT2D eigenvalue weighted by molar-refractivity contribution is 7.98. The van der Waals surface area contributed by atoms with Crippen molar-refractivity contribution in [3.05, 3.63) is 41.4 Å². The number of pyridine rings is 1. The smallest absolute Gasteiger partial charge is 0.341 e. The molecule has 0 aromatic carbocycles. The topological polar surface area (TPSA) is 118 Å². The third-order valence-electron chi connectivity index (χ3n) is 4.41. The lowest BCUT2D eigenvalue weighted by Gasteiger charge is -2.21. The first-order chi connectivity index (χ1) is 13.5. The van der Waals surface area contributed by atoms with Crippen molar-refractivity contribution >= 4 is 23.6 Å². The van der Waals surface area contributed by atoms with Crippen molar-refractivity contribution < 1.29 is 18.8 Å². The monoisotopic (exact) mass is 400 g/mol. The molecule has 0 unspecified atom stereocenters. The van der Waals surface area contributed by atoms with E-state index in [4.69, 9.17) is 9.26 Å². The normalized spacial score (nSPS) is 15.0. The van der Waals surface area contributed by atoms with Gasteiger partial charge < -0.3 is 14.6 Å². The average Bonchev–Trinajstić information content (AvgIpc) is 3.34. The summed E-state index contributed by atoms with van der Waals surface area (Å²) in [7, 11) is 0. The third-order valence-corrected chi connectivity index (χ3v) is 5.45. The van der Waals surface area contributed by atoms with E-state index in [-0.39, 0.29) is 5.56 Å². The Morgan fingerprint density at radius 1 is 1.43 bits per heavy atom. The largest absolute Gasteiger partial charge is 0.452 e. The second kappa shape index (κ2) is 8.89. The molecule has 2 aromatic rings. The van der Waals surface area contributed by atoms with Gasteiger partial charge in [0.2, 0.25) is 0 Å². The summed E-state index contributed by atoms with van der Waals surface area (Å²) in [6.45, 7) is 1.36. The van der Waals surface area contributed by atoms with Gasteiger partial charge in [-0.2, -0.15) is 5.26 Å². The molecule has 1 aliphatic rings. The van der Waals surface area contributed by atoms with E-state index in [1.54, 1.807) is 25.3 Å². The second-order valence-corrected chi connectivity index (χ2v) is 7.56. The fourth-order valence-corrected chi connectivity index (χ4v) is 3.91. The van der Waals surface area contributed by atoms with Crippen molar-refractivity contribution in [3.63, 3.8) is 0 Å². The maximum atomic E-state index is 12.4. The van der Waals surface area contributed by atoms with Gasteiger partial charge in [0.1, 0.15) is 16.3 Å². The molecule has 9 heteroatoms. The predicted octanol–water partition coefficient (Wildman–Crippen LogP) is 2.78. The zero-order valence-electron chi connectivity index (χ0n) is 15.4. The molecule has 1 fully saturated rings. The lowest BCUT2D eigenvalue weighted by atomic mass is 10.00. The maximum absolute atomic E-state index is 12.4. The van der Waals surface area contributed by atoms with Gasteiger partial charge in [0.15, 0.2) is 6.61 Å². The van der Waals surface area contributed by atoms with Crippen molar-refractivity contribution in [2.45, 2.75) is 48.9 Å². The predicted molar refractivity (Wildman–Crippen MR) is 100 cm³/mol. The summed E-state index contributed by atoms with van der Waals surface area (Å²) in [6, 6.07) is 7.21. The van der Waals surface area contributed by atoms with E-state index in [1.807, 2.05) is 6.07 Å². The van der Waals surface area contributed by atoms with Crippen LogP contribution < -0.4 is 5.32 Å². The number of aryl methyl sites for hydroxylation is 1. The van der Waals surface area contributed by atoms with Crippen LogP contribution >= 0.6 is 11.8 Å². The minimum atomic E-state index is -0.839. The van der Waals surface area contributed by atoms with Gasteiger partial charge >= 0.3 is 5.97 Å². The number of aromatic nitrogens is 2. The Labute approximate surface area is 166 Å². The molecule has 8 nitrogen and oxygen atoms in total. The highest BCUT2D eigenvalue weighted by atomic mass is 32.2. The number of carbonyl (C=O) groups is 2. The number of carbonyl (C=O) groups excluding carboxylic acids is 2. The molecule has 2 heterocycles. The molecule has 1 aliphatic carbocycles. The van der Waals surface area contributed by atoms with E-state index in [0.717, 1.165) is 18.5 Å². The zero-order chi connectivity index (χ0) is 20.0. The summed E-state index contributed by atoms with van der Waals surface area (Å²) in [6.07, 6.45) is 4.61. The average molecular weight is 400 g/mol. The Morgan fingerprint density at radius 2 is 2.21 bits per heavy atom. The third kappa shape index (κ3) is 4.89. The number of nitriles is 1. The highest BCUT2D eigenvalue weighted by Gasteiger charge is 2.35.